The summed E-state index contributed by atoms with van der Waals surface area (Å²) in [5.74, 6) is 1.05. The van der Waals surface area contributed by atoms with E-state index in [9.17, 15) is 0 Å². The zero-order valence-corrected chi connectivity index (χ0v) is 10.8. The summed E-state index contributed by atoms with van der Waals surface area (Å²) in [6.07, 6.45) is 0. The SMILES string of the molecule is COc1cc(N)cc(OC)c1N=Nc1ccccc1. The lowest BCUT2D eigenvalue weighted by Gasteiger charge is -2.09. The number of rotatable bonds is 4. The minimum absolute atomic E-state index is 0.517. The van der Waals surface area contributed by atoms with Crippen LogP contribution in [0, 0.1) is 0 Å². The molecule has 0 unspecified atom stereocenters. The molecule has 5 nitrogen and oxygen atoms in total. The second-order valence-corrected chi connectivity index (χ2v) is 3.81. The van der Waals surface area contributed by atoms with E-state index in [2.05, 4.69) is 10.2 Å². The molecule has 0 atom stereocenters. The molecular formula is C14H15N3O2. The third kappa shape index (κ3) is 3.01. The molecule has 2 aromatic rings. The molecule has 0 aliphatic rings. The molecule has 0 fully saturated rings. The predicted octanol–water partition coefficient (Wildman–Crippen LogP) is 3.70. The number of nitrogen functional groups attached to an aromatic ring is 1. The van der Waals surface area contributed by atoms with Gasteiger partial charge in [0.1, 0.15) is 0 Å². The number of nitrogens with zero attached hydrogens (tertiary/aromatic N) is 2. The van der Waals surface area contributed by atoms with Crippen LogP contribution in [0.3, 0.4) is 0 Å². The Kier molecular flexibility index (Phi) is 3.97. The second kappa shape index (κ2) is 5.86. The van der Waals surface area contributed by atoms with E-state index in [4.69, 9.17) is 15.2 Å². The summed E-state index contributed by atoms with van der Waals surface area (Å²) in [7, 11) is 3.10. The fourth-order valence-corrected chi connectivity index (χ4v) is 1.61. The van der Waals surface area contributed by atoms with Gasteiger partial charge < -0.3 is 15.2 Å². The first-order chi connectivity index (χ1) is 9.24. The van der Waals surface area contributed by atoms with Crippen LogP contribution in [-0.2, 0) is 0 Å². The number of hydrogen-bond acceptors (Lipinski definition) is 5. The van der Waals surface area contributed by atoms with Crippen LogP contribution in [-0.4, -0.2) is 14.2 Å². The number of hydrogen-bond donors (Lipinski definition) is 1. The molecule has 0 aliphatic carbocycles. The van der Waals surface area contributed by atoms with Gasteiger partial charge in [0, 0.05) is 17.8 Å². The lowest BCUT2D eigenvalue weighted by atomic mass is 10.2. The van der Waals surface area contributed by atoms with Crippen LogP contribution in [0.15, 0.2) is 52.7 Å². The van der Waals surface area contributed by atoms with Gasteiger partial charge in [0.25, 0.3) is 0 Å². The maximum Gasteiger partial charge on any atom is 0.170 e. The molecule has 0 aliphatic heterocycles. The highest BCUT2D eigenvalue weighted by atomic mass is 16.5. The van der Waals surface area contributed by atoms with E-state index in [1.54, 1.807) is 26.4 Å². The van der Waals surface area contributed by atoms with Gasteiger partial charge in [0.05, 0.1) is 19.9 Å². The predicted molar refractivity (Wildman–Crippen MR) is 74.6 cm³/mol. The Morgan fingerprint density at radius 1 is 0.895 bits per heavy atom. The number of methoxy groups -OCH3 is 2. The fraction of sp³-hybridized carbons (Fsp3) is 0.143. The van der Waals surface area contributed by atoms with Crippen LogP contribution in [0.5, 0.6) is 11.5 Å². The van der Waals surface area contributed by atoms with Gasteiger partial charge in [-0.15, -0.1) is 5.11 Å². The van der Waals surface area contributed by atoms with Crippen molar-refractivity contribution < 1.29 is 9.47 Å². The van der Waals surface area contributed by atoms with Gasteiger partial charge in [0.15, 0.2) is 17.2 Å². The molecule has 0 aromatic heterocycles. The second-order valence-electron chi connectivity index (χ2n) is 3.81. The van der Waals surface area contributed by atoms with E-state index in [-0.39, 0.29) is 0 Å². The Bertz CT molecular complexity index is 557. The third-order valence-corrected chi connectivity index (χ3v) is 2.52. The quantitative estimate of drug-likeness (QED) is 0.670. The first-order valence-electron chi connectivity index (χ1n) is 5.73. The highest BCUT2D eigenvalue weighted by Crippen LogP contribution is 2.40. The molecule has 0 radical (unpaired) electrons. The monoisotopic (exact) mass is 257 g/mol. The first kappa shape index (κ1) is 12.9. The summed E-state index contributed by atoms with van der Waals surface area (Å²) in [6.45, 7) is 0. The molecule has 0 amide bonds. The average molecular weight is 257 g/mol. The van der Waals surface area contributed by atoms with Crippen LogP contribution in [0.4, 0.5) is 17.1 Å². The smallest absolute Gasteiger partial charge is 0.170 e. The molecule has 2 N–H and O–H groups in total. The number of nitrogens with two attached hydrogens (primary N) is 1. The molecule has 2 rings (SSSR count). The molecule has 19 heavy (non-hydrogen) atoms. The zero-order valence-electron chi connectivity index (χ0n) is 10.8. The van der Waals surface area contributed by atoms with Crippen LogP contribution < -0.4 is 15.2 Å². The largest absolute Gasteiger partial charge is 0.494 e. The Hall–Kier alpha value is -2.56. The zero-order chi connectivity index (χ0) is 13.7. The van der Waals surface area contributed by atoms with E-state index in [1.165, 1.54) is 0 Å². The summed E-state index contributed by atoms with van der Waals surface area (Å²) in [4.78, 5) is 0. The summed E-state index contributed by atoms with van der Waals surface area (Å²) < 4.78 is 10.5. The summed E-state index contributed by atoms with van der Waals surface area (Å²) in [6, 6.07) is 12.8. The van der Waals surface area contributed by atoms with Gasteiger partial charge in [-0.3, -0.25) is 0 Å². The van der Waals surface area contributed by atoms with Crippen molar-refractivity contribution in [3.05, 3.63) is 42.5 Å². The maximum absolute atomic E-state index is 5.75. The van der Waals surface area contributed by atoms with E-state index in [1.807, 2.05) is 30.3 Å². The highest BCUT2D eigenvalue weighted by molar-refractivity contribution is 5.68. The molecule has 5 heteroatoms. The highest BCUT2D eigenvalue weighted by Gasteiger charge is 2.11. The Morgan fingerprint density at radius 3 is 2.00 bits per heavy atom. The van der Waals surface area contributed by atoms with Crippen LogP contribution in [0.1, 0.15) is 0 Å². The van der Waals surface area contributed by atoms with Crippen molar-refractivity contribution in [1.29, 1.82) is 0 Å². The van der Waals surface area contributed by atoms with Gasteiger partial charge in [-0.25, -0.2) is 0 Å². The average Bonchev–Trinajstić information content (AvgIpc) is 2.46. The summed E-state index contributed by atoms with van der Waals surface area (Å²) >= 11 is 0. The molecule has 98 valence electrons. The Morgan fingerprint density at radius 2 is 1.47 bits per heavy atom. The minimum atomic E-state index is 0.517. The van der Waals surface area contributed by atoms with Crippen LogP contribution >= 0.6 is 0 Å². The Labute approximate surface area is 111 Å². The normalized spacial score (nSPS) is 10.6. The molecule has 0 saturated carbocycles. The molecule has 0 heterocycles. The van der Waals surface area contributed by atoms with Crippen molar-refractivity contribution in [2.45, 2.75) is 0 Å². The lowest BCUT2D eigenvalue weighted by molar-refractivity contribution is 0.397. The van der Waals surface area contributed by atoms with Crippen molar-refractivity contribution in [3.63, 3.8) is 0 Å². The molecular weight excluding hydrogens is 242 g/mol. The number of benzene rings is 2. The van der Waals surface area contributed by atoms with Crippen molar-refractivity contribution >= 4 is 17.1 Å². The van der Waals surface area contributed by atoms with Gasteiger partial charge in [-0.1, -0.05) is 18.2 Å². The van der Waals surface area contributed by atoms with Crippen molar-refractivity contribution in [1.82, 2.24) is 0 Å². The van der Waals surface area contributed by atoms with Gasteiger partial charge in [-0.05, 0) is 12.1 Å². The van der Waals surface area contributed by atoms with Crippen molar-refractivity contribution in [2.24, 2.45) is 10.2 Å². The van der Waals surface area contributed by atoms with Crippen LogP contribution in [0.2, 0.25) is 0 Å². The van der Waals surface area contributed by atoms with E-state index < -0.39 is 0 Å². The number of anilines is 1. The van der Waals surface area contributed by atoms with Crippen LogP contribution in [0.25, 0.3) is 0 Å². The lowest BCUT2D eigenvalue weighted by Crippen LogP contribution is -1.92. The van der Waals surface area contributed by atoms with Gasteiger partial charge in [0.2, 0.25) is 0 Å². The topological polar surface area (TPSA) is 69.2 Å². The third-order valence-electron chi connectivity index (χ3n) is 2.52. The minimum Gasteiger partial charge on any atom is -0.494 e. The van der Waals surface area contributed by atoms with E-state index in [0.29, 0.717) is 22.9 Å². The first-order valence-corrected chi connectivity index (χ1v) is 5.73. The molecule has 0 saturated heterocycles. The van der Waals surface area contributed by atoms with Crippen molar-refractivity contribution in [2.75, 3.05) is 20.0 Å². The summed E-state index contributed by atoms with van der Waals surface area (Å²) in [5.41, 5.74) is 7.57. The summed E-state index contributed by atoms with van der Waals surface area (Å²) in [5, 5.41) is 8.33. The van der Waals surface area contributed by atoms with Crippen molar-refractivity contribution in [3.8, 4) is 11.5 Å². The van der Waals surface area contributed by atoms with E-state index >= 15 is 0 Å². The number of ether oxygens (including phenoxy) is 2. The molecule has 0 spiro atoms. The molecule has 2 aromatic carbocycles. The number of azo groups is 1. The molecule has 0 bridgehead atoms. The standard InChI is InChI=1S/C14H15N3O2/c1-18-12-8-10(15)9-13(19-2)14(12)17-16-11-6-4-3-5-7-11/h3-9H,15H2,1-2H3. The van der Waals surface area contributed by atoms with Gasteiger partial charge in [-0.2, -0.15) is 5.11 Å². The Balaban J connectivity index is 2.41. The maximum atomic E-state index is 5.75. The van der Waals surface area contributed by atoms with Gasteiger partial charge >= 0.3 is 0 Å². The van der Waals surface area contributed by atoms with E-state index in [0.717, 1.165) is 5.69 Å². The fourth-order valence-electron chi connectivity index (χ4n) is 1.61.